The van der Waals surface area contributed by atoms with Gasteiger partial charge in [-0.15, -0.1) is 0 Å². The molecular weight excluding hydrogens is 352 g/mol. The van der Waals surface area contributed by atoms with Gasteiger partial charge in [-0.3, -0.25) is 0 Å². The van der Waals surface area contributed by atoms with Crippen LogP contribution in [0.4, 0.5) is 0 Å². The zero-order valence-corrected chi connectivity index (χ0v) is 20.2. The molecule has 3 saturated carbocycles. The quantitative estimate of drug-likeness (QED) is 0.470. The summed E-state index contributed by atoms with van der Waals surface area (Å²) in [5, 5.41) is 10.2. The first-order valence-electron chi connectivity index (χ1n) is 13.0. The molecule has 0 aromatic rings. The Morgan fingerprint density at radius 1 is 0.931 bits per heavy atom. The minimum atomic E-state index is -0.0400. The molecular formula is C28H48O. The molecule has 0 bridgehead atoms. The van der Waals surface area contributed by atoms with Gasteiger partial charge in [0.15, 0.2) is 0 Å². The molecule has 0 amide bonds. The van der Waals surface area contributed by atoms with Gasteiger partial charge in [0.1, 0.15) is 0 Å². The molecule has 166 valence electrons. The average molecular weight is 401 g/mol. The van der Waals surface area contributed by atoms with E-state index >= 15 is 0 Å². The Hall–Kier alpha value is -0.300. The van der Waals surface area contributed by atoms with Crippen LogP contribution in [0, 0.1) is 52.3 Å². The molecule has 4 aliphatic rings. The molecule has 0 heterocycles. The molecule has 0 saturated heterocycles. The maximum absolute atomic E-state index is 10.2. The number of hydrogen-bond donors (Lipinski definition) is 1. The summed E-state index contributed by atoms with van der Waals surface area (Å²) in [6.45, 7) is 15.1. The van der Waals surface area contributed by atoms with Crippen LogP contribution in [0.1, 0.15) is 106 Å². The molecule has 0 spiro atoms. The Balaban J connectivity index is 1.50. The Morgan fingerprint density at radius 2 is 1.62 bits per heavy atom. The van der Waals surface area contributed by atoms with E-state index in [-0.39, 0.29) is 6.10 Å². The molecule has 1 nitrogen and oxygen atoms in total. The number of allylic oxidation sites excluding steroid dienone is 2. The highest BCUT2D eigenvalue weighted by molar-refractivity contribution is 5.27. The summed E-state index contributed by atoms with van der Waals surface area (Å²) < 4.78 is 0. The zero-order chi connectivity index (χ0) is 21.0. The van der Waals surface area contributed by atoms with Gasteiger partial charge >= 0.3 is 0 Å². The fraction of sp³-hybridized carbons (Fsp3) is 0.929. The molecule has 1 N–H and O–H groups in total. The number of aliphatic hydroxyl groups is 1. The molecule has 1 unspecified atom stereocenters. The van der Waals surface area contributed by atoms with E-state index in [4.69, 9.17) is 0 Å². The van der Waals surface area contributed by atoms with Crippen molar-refractivity contribution in [1.29, 1.82) is 0 Å². The van der Waals surface area contributed by atoms with E-state index < -0.39 is 0 Å². The Morgan fingerprint density at radius 3 is 2.34 bits per heavy atom. The predicted molar refractivity (Wildman–Crippen MR) is 124 cm³/mol. The molecule has 3 fully saturated rings. The maximum atomic E-state index is 10.2. The van der Waals surface area contributed by atoms with Gasteiger partial charge in [-0.2, -0.15) is 0 Å². The van der Waals surface area contributed by atoms with Crippen molar-refractivity contribution in [3.63, 3.8) is 0 Å². The Kier molecular flexibility index (Phi) is 6.04. The first-order valence-corrected chi connectivity index (χ1v) is 13.0. The SMILES string of the molecule is CC(C)[C@H](C)CC[C@@H](C)[C@H]1CC[C@H]2C3=CCC4C[C@@H](O)CC[C@]4(C)[C@H]3CC[C@]12C. The summed E-state index contributed by atoms with van der Waals surface area (Å²) in [7, 11) is 0. The van der Waals surface area contributed by atoms with E-state index in [2.05, 4.69) is 47.6 Å². The van der Waals surface area contributed by atoms with Gasteiger partial charge < -0.3 is 5.11 Å². The fourth-order valence-corrected chi connectivity index (χ4v) is 8.53. The minimum absolute atomic E-state index is 0.0400. The van der Waals surface area contributed by atoms with Crippen LogP contribution < -0.4 is 0 Å². The molecule has 4 aliphatic carbocycles. The third-order valence-electron chi connectivity index (χ3n) is 11.0. The van der Waals surface area contributed by atoms with Crippen molar-refractivity contribution in [2.45, 2.75) is 112 Å². The third kappa shape index (κ3) is 3.66. The van der Waals surface area contributed by atoms with Crippen molar-refractivity contribution in [3.05, 3.63) is 11.6 Å². The van der Waals surface area contributed by atoms with Gasteiger partial charge in [0.05, 0.1) is 6.10 Å². The van der Waals surface area contributed by atoms with Gasteiger partial charge in [0, 0.05) is 0 Å². The summed E-state index contributed by atoms with van der Waals surface area (Å²) in [5.41, 5.74) is 2.88. The van der Waals surface area contributed by atoms with Gasteiger partial charge in [-0.25, -0.2) is 0 Å². The second-order valence-electron chi connectivity index (χ2n) is 12.7. The number of hydrogen-bond acceptors (Lipinski definition) is 1. The van der Waals surface area contributed by atoms with Gasteiger partial charge in [0.25, 0.3) is 0 Å². The largest absolute Gasteiger partial charge is 0.393 e. The average Bonchev–Trinajstić information content (AvgIpc) is 3.03. The van der Waals surface area contributed by atoms with Crippen LogP contribution in [0.25, 0.3) is 0 Å². The van der Waals surface area contributed by atoms with Crippen molar-refractivity contribution in [1.82, 2.24) is 0 Å². The number of rotatable bonds is 5. The second-order valence-corrected chi connectivity index (χ2v) is 12.7. The summed E-state index contributed by atoms with van der Waals surface area (Å²) in [6, 6.07) is 0. The maximum Gasteiger partial charge on any atom is 0.0543 e. The summed E-state index contributed by atoms with van der Waals surface area (Å²) >= 11 is 0. The third-order valence-corrected chi connectivity index (χ3v) is 11.0. The molecule has 0 aliphatic heterocycles. The lowest BCUT2D eigenvalue weighted by atomic mass is 9.47. The summed E-state index contributed by atoms with van der Waals surface area (Å²) in [6.07, 6.45) is 15.8. The van der Waals surface area contributed by atoms with Crippen molar-refractivity contribution in [2.24, 2.45) is 52.3 Å². The van der Waals surface area contributed by atoms with E-state index in [9.17, 15) is 5.11 Å². The van der Waals surface area contributed by atoms with Crippen LogP contribution in [0.5, 0.6) is 0 Å². The van der Waals surface area contributed by atoms with E-state index in [0.29, 0.717) is 10.8 Å². The van der Waals surface area contributed by atoms with Crippen LogP contribution in [0.2, 0.25) is 0 Å². The van der Waals surface area contributed by atoms with E-state index in [1.165, 1.54) is 51.4 Å². The highest BCUT2D eigenvalue weighted by Crippen LogP contribution is 2.67. The molecule has 4 rings (SSSR count). The van der Waals surface area contributed by atoms with E-state index in [0.717, 1.165) is 54.3 Å². The number of aliphatic hydroxyl groups excluding tert-OH is 1. The van der Waals surface area contributed by atoms with Crippen molar-refractivity contribution in [3.8, 4) is 0 Å². The van der Waals surface area contributed by atoms with Gasteiger partial charge in [-0.05, 0) is 104 Å². The first kappa shape index (κ1) is 21.9. The lowest BCUT2D eigenvalue weighted by molar-refractivity contribution is -0.0428. The lowest BCUT2D eigenvalue weighted by Crippen LogP contribution is -2.49. The van der Waals surface area contributed by atoms with Crippen LogP contribution in [-0.4, -0.2) is 11.2 Å². The molecule has 0 radical (unpaired) electrons. The van der Waals surface area contributed by atoms with Crippen LogP contribution in [-0.2, 0) is 0 Å². The topological polar surface area (TPSA) is 20.2 Å². The monoisotopic (exact) mass is 400 g/mol. The lowest BCUT2D eigenvalue weighted by Gasteiger charge is -2.57. The van der Waals surface area contributed by atoms with Crippen molar-refractivity contribution < 1.29 is 5.11 Å². The highest BCUT2D eigenvalue weighted by Gasteiger charge is 2.58. The van der Waals surface area contributed by atoms with E-state index in [1.807, 2.05) is 5.57 Å². The number of fused-ring (bicyclic) bond motifs is 5. The normalized spacial score (nSPS) is 46.5. The molecule has 29 heavy (non-hydrogen) atoms. The zero-order valence-electron chi connectivity index (χ0n) is 20.2. The van der Waals surface area contributed by atoms with Gasteiger partial charge in [-0.1, -0.05) is 66.0 Å². The standard InChI is InChI=1S/C28H48O/c1-18(2)19(3)7-8-20(4)24-11-12-25-23-10-9-21-17-22(29)13-15-27(21,5)26(23)14-16-28(24,25)6/h10,18-22,24-26,29H,7-9,11-17H2,1-6H3/t19-,20-,21?,22+,24-,25+,26+,27+,28-/m1/s1. The fourth-order valence-electron chi connectivity index (χ4n) is 8.53. The second kappa shape index (κ2) is 7.99. The Labute approximate surface area is 181 Å². The van der Waals surface area contributed by atoms with Crippen LogP contribution in [0.3, 0.4) is 0 Å². The molecule has 1 heteroatoms. The summed E-state index contributed by atoms with van der Waals surface area (Å²) in [5.74, 6) is 5.85. The van der Waals surface area contributed by atoms with E-state index in [1.54, 1.807) is 0 Å². The summed E-state index contributed by atoms with van der Waals surface area (Å²) in [4.78, 5) is 0. The van der Waals surface area contributed by atoms with Crippen molar-refractivity contribution in [2.75, 3.05) is 0 Å². The molecule has 0 aromatic heterocycles. The van der Waals surface area contributed by atoms with Gasteiger partial charge in [0.2, 0.25) is 0 Å². The molecule has 0 aromatic carbocycles. The van der Waals surface area contributed by atoms with Crippen molar-refractivity contribution >= 4 is 0 Å². The predicted octanol–water partition coefficient (Wildman–Crippen LogP) is 7.63. The first-order chi connectivity index (χ1) is 13.7. The smallest absolute Gasteiger partial charge is 0.0543 e. The van der Waals surface area contributed by atoms with Crippen LogP contribution >= 0.6 is 0 Å². The Bertz CT molecular complexity index is 620. The highest BCUT2D eigenvalue weighted by atomic mass is 16.3. The molecule has 9 atom stereocenters. The minimum Gasteiger partial charge on any atom is -0.393 e. The van der Waals surface area contributed by atoms with Crippen LogP contribution in [0.15, 0.2) is 11.6 Å².